The molecule has 1 nitrogen and oxygen atoms in total. The Hall–Kier alpha value is -2.26. The Balaban J connectivity index is 0.000000396. The Labute approximate surface area is 188 Å². The lowest BCUT2D eigenvalue weighted by Crippen LogP contribution is -2.66. The average molecular weight is 418 g/mol. The first kappa shape index (κ1) is 24.0. The molecule has 3 rings (SSSR count). The normalized spacial score (nSPS) is 11.0. The number of unbranched alkanes of at least 4 members (excludes halogenated alkanes) is 1. The zero-order chi connectivity index (χ0) is 21.8. The molecule has 0 N–H and O–H groups in total. The maximum atomic E-state index is 10.5. The van der Waals surface area contributed by atoms with Gasteiger partial charge in [-0.2, -0.15) is 22.7 Å². The van der Waals surface area contributed by atoms with E-state index in [1.54, 1.807) is 0 Å². The Bertz CT molecular complexity index is 766. The zero-order valence-corrected chi connectivity index (χ0v) is 19.6. The standard InChI is InChI=1S/C22H24B.C5H10OS/c1-2-3-19-23(20-13-7-4-8-14-20,21-15-9-5-10-16-21)22-17-11-6-12-18-22;1-4(2)5(6)3-7/h4-18H,2-3,19H2,1H3;4,7H,3H2,1-2H3/q-1;/p+1. The molecule has 0 aliphatic rings. The van der Waals surface area contributed by atoms with E-state index in [0.717, 1.165) is 0 Å². The monoisotopic (exact) mass is 418 g/mol. The Kier molecular flexibility index (Phi) is 9.96. The molecule has 0 heterocycles. The molecule has 158 valence electrons. The second-order valence-corrected chi connectivity index (χ2v) is 8.57. The molecule has 0 atom stereocenters. The molecule has 30 heavy (non-hydrogen) atoms. The van der Waals surface area contributed by atoms with E-state index < -0.39 is 6.15 Å². The minimum absolute atomic E-state index is 0.178. The van der Waals surface area contributed by atoms with Crippen molar-refractivity contribution in [2.45, 2.75) is 39.9 Å². The molecule has 0 spiro atoms. The third-order valence-corrected chi connectivity index (χ3v) is 6.26. The molecule has 0 radical (unpaired) electrons. The Morgan fingerprint density at radius 3 is 1.37 bits per heavy atom. The van der Waals surface area contributed by atoms with Crippen LogP contribution < -0.4 is 16.4 Å². The van der Waals surface area contributed by atoms with Crippen LogP contribution in [0.1, 0.15) is 33.6 Å². The lowest BCUT2D eigenvalue weighted by Gasteiger charge is -2.43. The highest BCUT2D eigenvalue weighted by Crippen LogP contribution is 2.16. The SMILES string of the molecule is CC(C)C(=O)C[SH2+].CCCC[B-](c1ccccc1)(c1ccccc1)c1ccccc1. The Morgan fingerprint density at radius 1 is 0.767 bits per heavy atom. The first-order valence-corrected chi connectivity index (χ1v) is 11.8. The molecule has 0 saturated heterocycles. The summed E-state index contributed by atoms with van der Waals surface area (Å²) < 4.78 is 0. The largest absolute Gasteiger partial charge is 0.294 e. The van der Waals surface area contributed by atoms with Crippen molar-refractivity contribution in [3.8, 4) is 0 Å². The van der Waals surface area contributed by atoms with E-state index in [2.05, 4.69) is 111 Å². The number of hydrogen-bond acceptors (Lipinski definition) is 1. The van der Waals surface area contributed by atoms with E-state index >= 15 is 0 Å². The van der Waals surface area contributed by atoms with Gasteiger partial charge in [-0.1, -0.05) is 125 Å². The summed E-state index contributed by atoms with van der Waals surface area (Å²) in [5.41, 5.74) is 4.33. The van der Waals surface area contributed by atoms with Crippen molar-refractivity contribution in [2.75, 3.05) is 5.75 Å². The van der Waals surface area contributed by atoms with E-state index in [1.165, 1.54) is 35.6 Å². The van der Waals surface area contributed by atoms with Crippen molar-refractivity contribution in [3.63, 3.8) is 0 Å². The number of hydrogen-bond donors (Lipinski definition) is 0. The molecular weight excluding hydrogens is 383 g/mol. The van der Waals surface area contributed by atoms with Gasteiger partial charge >= 0.3 is 0 Å². The van der Waals surface area contributed by atoms with Crippen LogP contribution in [0.5, 0.6) is 0 Å². The maximum absolute atomic E-state index is 10.5. The fourth-order valence-electron chi connectivity index (χ4n) is 4.14. The quantitative estimate of drug-likeness (QED) is 0.396. The van der Waals surface area contributed by atoms with Crippen molar-refractivity contribution >= 4 is 40.9 Å². The number of carbonyl (C=O) groups is 1. The number of ketones is 1. The van der Waals surface area contributed by atoms with Gasteiger partial charge in [-0.05, 0) is 12.6 Å². The lowest BCUT2D eigenvalue weighted by molar-refractivity contribution is -0.119. The van der Waals surface area contributed by atoms with Crippen molar-refractivity contribution < 1.29 is 4.79 Å². The average Bonchev–Trinajstić information content (AvgIpc) is 2.81. The first-order valence-electron chi connectivity index (χ1n) is 11.1. The lowest BCUT2D eigenvalue weighted by atomic mass is 9.14. The molecule has 0 saturated carbocycles. The van der Waals surface area contributed by atoms with Crippen molar-refractivity contribution in [1.29, 1.82) is 0 Å². The van der Waals surface area contributed by atoms with Crippen molar-refractivity contribution in [2.24, 2.45) is 5.92 Å². The molecule has 3 aromatic carbocycles. The fourth-order valence-corrected chi connectivity index (χ4v) is 4.54. The fraction of sp³-hybridized carbons (Fsp3) is 0.296. The van der Waals surface area contributed by atoms with E-state index in [4.69, 9.17) is 0 Å². The highest BCUT2D eigenvalue weighted by atomic mass is 32.1. The Morgan fingerprint density at radius 2 is 1.13 bits per heavy atom. The molecule has 0 fully saturated rings. The highest BCUT2D eigenvalue weighted by molar-refractivity contribution is 7.59. The summed E-state index contributed by atoms with van der Waals surface area (Å²) >= 11 is 3.11. The summed E-state index contributed by atoms with van der Waals surface area (Å²) in [6, 6.07) is 33.2. The highest BCUT2D eigenvalue weighted by Gasteiger charge is 2.28. The summed E-state index contributed by atoms with van der Waals surface area (Å²) in [5, 5.41) is 0. The van der Waals surface area contributed by atoms with Crippen LogP contribution in [0.4, 0.5) is 0 Å². The van der Waals surface area contributed by atoms with E-state index in [1.807, 2.05) is 13.8 Å². The second kappa shape index (κ2) is 12.4. The number of carbonyl (C=O) groups excluding carboxylic acids is 1. The van der Waals surface area contributed by atoms with Gasteiger partial charge < -0.3 is 0 Å². The first-order chi connectivity index (χ1) is 14.6. The van der Waals surface area contributed by atoms with E-state index in [0.29, 0.717) is 5.75 Å². The van der Waals surface area contributed by atoms with Gasteiger partial charge in [-0.25, -0.2) is 0 Å². The predicted octanol–water partition coefficient (Wildman–Crippen LogP) is 4.18. The number of rotatable bonds is 8. The maximum Gasteiger partial charge on any atom is 0.184 e. The molecule has 0 amide bonds. The van der Waals surface area contributed by atoms with Gasteiger partial charge in [-0.15, -0.1) is 0 Å². The minimum atomic E-state index is -0.913. The molecular formula is C27H35BOS. The summed E-state index contributed by atoms with van der Waals surface area (Å²) in [7, 11) is 0. The third-order valence-electron chi connectivity index (χ3n) is 5.91. The van der Waals surface area contributed by atoms with Crippen LogP contribution >= 0.6 is 0 Å². The van der Waals surface area contributed by atoms with Crippen LogP contribution in [-0.4, -0.2) is 17.7 Å². The second-order valence-electron chi connectivity index (χ2n) is 8.22. The zero-order valence-electron chi connectivity index (χ0n) is 18.6. The van der Waals surface area contributed by atoms with Crippen LogP contribution in [0.2, 0.25) is 6.32 Å². The summed E-state index contributed by atoms with van der Waals surface area (Å²) in [6.45, 7) is 6.06. The molecule has 0 aliphatic carbocycles. The topological polar surface area (TPSA) is 17.1 Å². The van der Waals surface area contributed by atoms with Crippen LogP contribution in [0.3, 0.4) is 0 Å². The number of Topliss-reactive ketones (excluding diaryl/α,β-unsaturated/α-hetero) is 1. The van der Waals surface area contributed by atoms with Crippen LogP contribution in [0.15, 0.2) is 91.0 Å². The molecule has 0 aromatic heterocycles. The van der Waals surface area contributed by atoms with Gasteiger partial charge in [0.2, 0.25) is 0 Å². The molecule has 0 aliphatic heterocycles. The summed E-state index contributed by atoms with van der Waals surface area (Å²) in [6.07, 6.45) is 2.73. The molecule has 3 aromatic rings. The van der Waals surface area contributed by atoms with Crippen LogP contribution in [0, 0.1) is 5.92 Å². The van der Waals surface area contributed by atoms with Gasteiger partial charge in [0.05, 0.1) is 6.15 Å². The van der Waals surface area contributed by atoms with Gasteiger partial charge in [0.25, 0.3) is 0 Å². The van der Waals surface area contributed by atoms with E-state index in [9.17, 15) is 4.79 Å². The van der Waals surface area contributed by atoms with Gasteiger partial charge in [0.1, 0.15) is 0 Å². The van der Waals surface area contributed by atoms with Gasteiger partial charge in [-0.3, -0.25) is 4.79 Å². The van der Waals surface area contributed by atoms with Gasteiger partial charge in [0, 0.05) is 5.92 Å². The molecule has 0 bridgehead atoms. The third kappa shape index (κ3) is 6.12. The smallest absolute Gasteiger partial charge is 0.184 e. The minimum Gasteiger partial charge on any atom is -0.294 e. The van der Waals surface area contributed by atoms with Crippen molar-refractivity contribution in [3.05, 3.63) is 91.0 Å². The van der Waals surface area contributed by atoms with Crippen LogP contribution in [-0.2, 0) is 17.4 Å². The summed E-state index contributed by atoms with van der Waals surface area (Å²) in [4.78, 5) is 10.5. The summed E-state index contributed by atoms with van der Waals surface area (Å²) in [5.74, 6) is 0.923. The van der Waals surface area contributed by atoms with Gasteiger partial charge in [0.15, 0.2) is 11.5 Å². The molecule has 3 heteroatoms. The van der Waals surface area contributed by atoms with E-state index in [-0.39, 0.29) is 11.7 Å². The number of benzene rings is 3. The molecule has 0 unspecified atom stereocenters. The van der Waals surface area contributed by atoms with Crippen LogP contribution in [0.25, 0.3) is 0 Å². The predicted molar refractivity (Wildman–Crippen MR) is 139 cm³/mol. The van der Waals surface area contributed by atoms with Crippen molar-refractivity contribution in [1.82, 2.24) is 0 Å².